The van der Waals surface area contributed by atoms with Crippen molar-refractivity contribution >= 4 is 5.91 Å². The number of hydrogen-bond donors (Lipinski definition) is 2. The average molecular weight is 212 g/mol. The van der Waals surface area contributed by atoms with Crippen LogP contribution in [0.1, 0.15) is 47.0 Å². The van der Waals surface area contributed by atoms with E-state index in [9.17, 15) is 4.79 Å². The summed E-state index contributed by atoms with van der Waals surface area (Å²) in [5.41, 5.74) is 0.118. The van der Waals surface area contributed by atoms with Gasteiger partial charge >= 0.3 is 0 Å². The summed E-state index contributed by atoms with van der Waals surface area (Å²) in [6.45, 7) is 8.91. The third-order valence-corrected chi connectivity index (χ3v) is 3.32. The first-order chi connectivity index (χ1) is 6.95. The van der Waals surface area contributed by atoms with Crippen LogP contribution in [0.2, 0.25) is 0 Å². The number of carbonyl (C=O) groups is 1. The molecule has 0 aliphatic heterocycles. The van der Waals surface area contributed by atoms with E-state index in [2.05, 4.69) is 31.4 Å². The van der Waals surface area contributed by atoms with Gasteiger partial charge < -0.3 is 10.6 Å². The van der Waals surface area contributed by atoms with Gasteiger partial charge in [0.25, 0.3) is 0 Å². The first-order valence-electron chi connectivity index (χ1n) is 6.00. The van der Waals surface area contributed by atoms with Crippen molar-refractivity contribution in [2.45, 2.75) is 58.5 Å². The van der Waals surface area contributed by atoms with Gasteiger partial charge in [-0.15, -0.1) is 0 Å². The first-order valence-corrected chi connectivity index (χ1v) is 6.00. The van der Waals surface area contributed by atoms with Crippen LogP contribution in [0.3, 0.4) is 0 Å². The molecule has 1 unspecified atom stereocenters. The van der Waals surface area contributed by atoms with Gasteiger partial charge in [0.15, 0.2) is 0 Å². The molecular weight excluding hydrogens is 188 g/mol. The van der Waals surface area contributed by atoms with Crippen LogP contribution in [0.25, 0.3) is 0 Å². The van der Waals surface area contributed by atoms with Gasteiger partial charge in [0.1, 0.15) is 0 Å². The molecule has 0 spiro atoms. The molecule has 3 nitrogen and oxygen atoms in total. The van der Waals surface area contributed by atoms with E-state index < -0.39 is 0 Å². The molecule has 1 rings (SSSR count). The van der Waals surface area contributed by atoms with Gasteiger partial charge in [-0.1, -0.05) is 6.92 Å². The highest BCUT2D eigenvalue weighted by Crippen LogP contribution is 2.38. The SMILES string of the molecule is CCC(C)NC(=O)CNC(C)(C)C1CC1. The lowest BCUT2D eigenvalue weighted by molar-refractivity contribution is -0.121. The first kappa shape index (κ1) is 12.5. The van der Waals surface area contributed by atoms with E-state index in [0.29, 0.717) is 6.54 Å². The Kier molecular flexibility index (Phi) is 4.14. The third kappa shape index (κ3) is 4.20. The number of rotatable bonds is 6. The van der Waals surface area contributed by atoms with Crippen molar-refractivity contribution in [3.05, 3.63) is 0 Å². The lowest BCUT2D eigenvalue weighted by Gasteiger charge is -2.26. The number of carbonyl (C=O) groups excluding carboxylic acids is 1. The quantitative estimate of drug-likeness (QED) is 0.703. The van der Waals surface area contributed by atoms with Crippen molar-refractivity contribution < 1.29 is 4.79 Å². The standard InChI is InChI=1S/C12H24N2O/c1-5-9(2)14-11(15)8-13-12(3,4)10-6-7-10/h9-10,13H,5-8H2,1-4H3,(H,14,15). The fourth-order valence-electron chi connectivity index (χ4n) is 1.69. The minimum absolute atomic E-state index is 0.109. The molecule has 1 atom stereocenters. The Morgan fingerprint density at radius 3 is 2.53 bits per heavy atom. The molecule has 0 heterocycles. The minimum Gasteiger partial charge on any atom is -0.353 e. The Balaban J connectivity index is 2.21. The zero-order valence-corrected chi connectivity index (χ0v) is 10.4. The van der Waals surface area contributed by atoms with Crippen molar-refractivity contribution in [3.63, 3.8) is 0 Å². The predicted molar refractivity (Wildman–Crippen MR) is 62.7 cm³/mol. The molecule has 0 bridgehead atoms. The molecule has 1 saturated carbocycles. The Bertz CT molecular complexity index is 222. The summed E-state index contributed by atoms with van der Waals surface area (Å²) in [7, 11) is 0. The van der Waals surface area contributed by atoms with Crippen LogP contribution in [-0.4, -0.2) is 24.0 Å². The summed E-state index contributed by atoms with van der Waals surface area (Å²) in [6.07, 6.45) is 3.58. The van der Waals surface area contributed by atoms with Gasteiger partial charge in [-0.25, -0.2) is 0 Å². The number of hydrogen-bond acceptors (Lipinski definition) is 2. The van der Waals surface area contributed by atoms with Crippen molar-refractivity contribution in [2.75, 3.05) is 6.54 Å². The highest BCUT2D eigenvalue weighted by molar-refractivity contribution is 5.78. The lowest BCUT2D eigenvalue weighted by atomic mass is 9.99. The predicted octanol–water partition coefficient (Wildman–Crippen LogP) is 1.68. The Morgan fingerprint density at radius 1 is 1.47 bits per heavy atom. The minimum atomic E-state index is 0.109. The van der Waals surface area contributed by atoms with Crippen LogP contribution in [0.15, 0.2) is 0 Å². The molecule has 88 valence electrons. The highest BCUT2D eigenvalue weighted by Gasteiger charge is 2.37. The zero-order chi connectivity index (χ0) is 11.5. The van der Waals surface area contributed by atoms with Gasteiger partial charge in [0.05, 0.1) is 6.54 Å². The van der Waals surface area contributed by atoms with E-state index in [1.54, 1.807) is 0 Å². The van der Waals surface area contributed by atoms with Crippen LogP contribution >= 0.6 is 0 Å². The maximum absolute atomic E-state index is 11.5. The topological polar surface area (TPSA) is 41.1 Å². The second-order valence-electron chi connectivity index (χ2n) is 5.23. The van der Waals surface area contributed by atoms with E-state index in [-0.39, 0.29) is 17.5 Å². The molecule has 2 N–H and O–H groups in total. The maximum atomic E-state index is 11.5. The van der Waals surface area contributed by atoms with Gasteiger partial charge in [-0.3, -0.25) is 4.79 Å². The van der Waals surface area contributed by atoms with Crippen LogP contribution in [0.4, 0.5) is 0 Å². The number of amides is 1. The van der Waals surface area contributed by atoms with E-state index in [1.165, 1.54) is 12.8 Å². The summed E-state index contributed by atoms with van der Waals surface area (Å²) >= 11 is 0. The van der Waals surface area contributed by atoms with Crippen molar-refractivity contribution in [3.8, 4) is 0 Å². The second kappa shape index (κ2) is 4.97. The average Bonchev–Trinajstić information content (AvgIpc) is 2.98. The summed E-state index contributed by atoms with van der Waals surface area (Å²) in [5.74, 6) is 0.868. The Morgan fingerprint density at radius 2 is 2.07 bits per heavy atom. The fraction of sp³-hybridized carbons (Fsp3) is 0.917. The Hall–Kier alpha value is -0.570. The van der Waals surface area contributed by atoms with Gasteiger partial charge in [0, 0.05) is 11.6 Å². The van der Waals surface area contributed by atoms with Crippen molar-refractivity contribution in [1.29, 1.82) is 0 Å². The smallest absolute Gasteiger partial charge is 0.234 e. The molecule has 0 radical (unpaired) electrons. The normalized spacial score (nSPS) is 18.7. The van der Waals surface area contributed by atoms with Crippen LogP contribution < -0.4 is 10.6 Å². The summed E-state index contributed by atoms with van der Waals surface area (Å²) < 4.78 is 0. The van der Waals surface area contributed by atoms with E-state index >= 15 is 0 Å². The lowest BCUT2D eigenvalue weighted by Crippen LogP contribution is -2.48. The molecule has 1 aliphatic carbocycles. The highest BCUT2D eigenvalue weighted by atomic mass is 16.1. The summed E-state index contributed by atoms with van der Waals surface area (Å²) in [6, 6.07) is 0.281. The third-order valence-electron chi connectivity index (χ3n) is 3.32. The second-order valence-corrected chi connectivity index (χ2v) is 5.23. The summed E-state index contributed by atoms with van der Waals surface area (Å²) in [5, 5.41) is 6.30. The number of nitrogens with one attached hydrogen (secondary N) is 2. The van der Waals surface area contributed by atoms with E-state index in [1.807, 2.05) is 6.92 Å². The van der Waals surface area contributed by atoms with Crippen LogP contribution in [-0.2, 0) is 4.79 Å². The fourth-order valence-corrected chi connectivity index (χ4v) is 1.69. The maximum Gasteiger partial charge on any atom is 0.234 e. The molecular formula is C12H24N2O. The van der Waals surface area contributed by atoms with Crippen LogP contribution in [0, 0.1) is 5.92 Å². The van der Waals surface area contributed by atoms with Gasteiger partial charge in [-0.05, 0) is 46.0 Å². The molecule has 0 aromatic carbocycles. The molecule has 1 fully saturated rings. The summed E-state index contributed by atoms with van der Waals surface area (Å²) in [4.78, 5) is 11.5. The van der Waals surface area contributed by atoms with E-state index in [4.69, 9.17) is 0 Å². The van der Waals surface area contributed by atoms with Crippen LogP contribution in [0.5, 0.6) is 0 Å². The molecule has 15 heavy (non-hydrogen) atoms. The van der Waals surface area contributed by atoms with Crippen molar-refractivity contribution in [1.82, 2.24) is 10.6 Å². The molecule has 1 amide bonds. The monoisotopic (exact) mass is 212 g/mol. The molecule has 3 heteroatoms. The molecule has 0 saturated heterocycles. The van der Waals surface area contributed by atoms with Gasteiger partial charge in [-0.2, -0.15) is 0 Å². The molecule has 0 aromatic heterocycles. The van der Waals surface area contributed by atoms with Crippen molar-refractivity contribution in [2.24, 2.45) is 5.92 Å². The zero-order valence-electron chi connectivity index (χ0n) is 10.4. The van der Waals surface area contributed by atoms with Gasteiger partial charge in [0.2, 0.25) is 5.91 Å². The molecule has 1 aliphatic rings. The Labute approximate surface area is 93.0 Å². The molecule has 0 aromatic rings. The van der Waals surface area contributed by atoms with E-state index in [0.717, 1.165) is 12.3 Å². The largest absolute Gasteiger partial charge is 0.353 e.